The first-order chi connectivity index (χ1) is 6.24. The molecule has 72 valence electrons. The van der Waals surface area contributed by atoms with Crippen LogP contribution in [0, 0.1) is 0 Å². The minimum Gasteiger partial charge on any atom is -0.466 e. The van der Waals surface area contributed by atoms with Crippen molar-refractivity contribution in [2.75, 3.05) is 6.61 Å². The summed E-state index contributed by atoms with van der Waals surface area (Å²) >= 11 is 1.32. The quantitative estimate of drug-likeness (QED) is 0.742. The molecule has 1 aromatic rings. The largest absolute Gasteiger partial charge is 0.466 e. The number of nitrogens with zero attached hydrogens (tertiary/aromatic N) is 1. The molecule has 0 aliphatic heterocycles. The number of aliphatic hydroxyl groups excluding tert-OH is 1. The van der Waals surface area contributed by atoms with Crippen LogP contribution in [0.25, 0.3) is 0 Å². The van der Waals surface area contributed by atoms with Crippen molar-refractivity contribution in [2.24, 2.45) is 0 Å². The molecule has 0 saturated carbocycles. The number of carbonyl (C=O) groups is 1. The Morgan fingerprint density at radius 1 is 1.85 bits per heavy atom. The van der Waals surface area contributed by atoms with Crippen molar-refractivity contribution in [2.45, 2.75) is 19.4 Å². The van der Waals surface area contributed by atoms with Crippen molar-refractivity contribution in [3.05, 3.63) is 16.6 Å². The van der Waals surface area contributed by atoms with Gasteiger partial charge in [-0.05, 0) is 6.92 Å². The van der Waals surface area contributed by atoms with Gasteiger partial charge in [0.25, 0.3) is 0 Å². The molecule has 0 fully saturated rings. The lowest BCUT2D eigenvalue weighted by Crippen LogP contribution is -2.09. The van der Waals surface area contributed by atoms with Gasteiger partial charge >= 0.3 is 5.97 Å². The fraction of sp³-hybridized carbons (Fsp3) is 0.500. The van der Waals surface area contributed by atoms with E-state index in [9.17, 15) is 9.90 Å². The molecule has 0 amide bonds. The lowest BCUT2D eigenvalue weighted by molar-refractivity contribution is -0.145. The van der Waals surface area contributed by atoms with Crippen LogP contribution in [0.15, 0.2) is 11.7 Å². The number of ether oxygens (including phenoxy) is 1. The normalized spacial score (nSPS) is 12.5. The Morgan fingerprint density at radius 2 is 2.62 bits per heavy atom. The molecule has 0 spiro atoms. The van der Waals surface area contributed by atoms with Gasteiger partial charge in [0.15, 0.2) is 0 Å². The minimum atomic E-state index is -0.786. The van der Waals surface area contributed by atoms with Crippen LogP contribution in [0.4, 0.5) is 0 Å². The molecule has 0 aromatic carbocycles. The molecular weight excluding hydrogens is 190 g/mol. The fourth-order valence-electron chi connectivity index (χ4n) is 0.869. The second-order valence-electron chi connectivity index (χ2n) is 2.43. The van der Waals surface area contributed by atoms with Crippen LogP contribution in [0.1, 0.15) is 24.3 Å². The smallest absolute Gasteiger partial charge is 0.308 e. The van der Waals surface area contributed by atoms with Crippen LogP contribution in [0.2, 0.25) is 0 Å². The van der Waals surface area contributed by atoms with Gasteiger partial charge in [-0.25, -0.2) is 0 Å². The van der Waals surface area contributed by atoms with Gasteiger partial charge in [-0.2, -0.15) is 0 Å². The van der Waals surface area contributed by atoms with Gasteiger partial charge in [-0.3, -0.25) is 9.78 Å². The van der Waals surface area contributed by atoms with Gasteiger partial charge in [0, 0.05) is 6.20 Å². The van der Waals surface area contributed by atoms with E-state index >= 15 is 0 Å². The van der Waals surface area contributed by atoms with Gasteiger partial charge in [-0.1, -0.05) is 0 Å². The Balaban J connectivity index is 2.42. The molecule has 1 heterocycles. The second-order valence-corrected chi connectivity index (χ2v) is 3.35. The molecule has 0 saturated heterocycles. The van der Waals surface area contributed by atoms with Crippen LogP contribution < -0.4 is 0 Å². The van der Waals surface area contributed by atoms with Gasteiger partial charge in [-0.15, -0.1) is 11.3 Å². The average Bonchev–Trinajstić information content (AvgIpc) is 2.55. The van der Waals surface area contributed by atoms with Crippen molar-refractivity contribution in [1.29, 1.82) is 0 Å². The summed E-state index contributed by atoms with van der Waals surface area (Å²) in [7, 11) is 0. The maximum Gasteiger partial charge on any atom is 0.308 e. The van der Waals surface area contributed by atoms with Crippen LogP contribution in [0.5, 0.6) is 0 Å². The second kappa shape index (κ2) is 4.94. The van der Waals surface area contributed by atoms with Crippen molar-refractivity contribution in [3.63, 3.8) is 0 Å². The minimum absolute atomic E-state index is 0.00394. The number of rotatable bonds is 4. The van der Waals surface area contributed by atoms with Crippen LogP contribution in [-0.4, -0.2) is 22.7 Å². The zero-order valence-corrected chi connectivity index (χ0v) is 8.08. The topological polar surface area (TPSA) is 59.4 Å². The van der Waals surface area contributed by atoms with Gasteiger partial charge in [0.1, 0.15) is 6.10 Å². The standard InChI is InChI=1S/C8H11NO3S/c1-2-12-8(11)3-6(10)7-4-9-5-13-7/h4-6,10H,2-3H2,1H3. The zero-order valence-electron chi connectivity index (χ0n) is 7.27. The van der Waals surface area contributed by atoms with Crippen LogP contribution in [0.3, 0.4) is 0 Å². The van der Waals surface area contributed by atoms with Crippen molar-refractivity contribution in [1.82, 2.24) is 4.98 Å². The summed E-state index contributed by atoms with van der Waals surface area (Å²) in [5.74, 6) is -0.386. The van der Waals surface area contributed by atoms with E-state index < -0.39 is 6.10 Å². The van der Waals surface area contributed by atoms with Gasteiger partial charge in [0.05, 0.1) is 23.4 Å². The lowest BCUT2D eigenvalue weighted by atomic mass is 10.2. The maximum absolute atomic E-state index is 11.0. The van der Waals surface area contributed by atoms with E-state index in [1.807, 2.05) is 0 Å². The summed E-state index contributed by atoms with van der Waals surface area (Å²) in [5.41, 5.74) is 1.61. The van der Waals surface area contributed by atoms with Crippen LogP contribution >= 0.6 is 11.3 Å². The number of hydrogen-bond donors (Lipinski definition) is 1. The van der Waals surface area contributed by atoms with Gasteiger partial charge < -0.3 is 9.84 Å². The molecular formula is C8H11NO3S. The fourth-order valence-corrected chi connectivity index (χ4v) is 1.47. The number of esters is 1. The van der Waals surface area contributed by atoms with E-state index in [0.717, 1.165) is 0 Å². The summed E-state index contributed by atoms with van der Waals surface area (Å²) in [6.07, 6.45) is 0.761. The Kier molecular flexibility index (Phi) is 3.85. The molecule has 13 heavy (non-hydrogen) atoms. The highest BCUT2D eigenvalue weighted by Gasteiger charge is 2.14. The van der Waals surface area contributed by atoms with Crippen molar-refractivity contribution in [3.8, 4) is 0 Å². The van der Waals surface area contributed by atoms with E-state index in [4.69, 9.17) is 4.74 Å². The van der Waals surface area contributed by atoms with E-state index in [2.05, 4.69) is 4.98 Å². The van der Waals surface area contributed by atoms with Gasteiger partial charge in [0.2, 0.25) is 0 Å². The number of thiazole rings is 1. The van der Waals surface area contributed by atoms with E-state index in [0.29, 0.717) is 11.5 Å². The predicted molar refractivity (Wildman–Crippen MR) is 48.3 cm³/mol. The lowest BCUT2D eigenvalue weighted by Gasteiger charge is -2.06. The molecule has 1 N–H and O–H groups in total. The molecule has 5 heteroatoms. The first-order valence-corrected chi connectivity index (χ1v) is 4.84. The van der Waals surface area contributed by atoms with E-state index in [1.54, 1.807) is 18.6 Å². The summed E-state index contributed by atoms with van der Waals surface area (Å²) < 4.78 is 4.70. The third-order valence-corrected chi connectivity index (χ3v) is 2.32. The Hall–Kier alpha value is -0.940. The third-order valence-electron chi connectivity index (χ3n) is 1.45. The van der Waals surface area contributed by atoms with E-state index in [1.165, 1.54) is 11.3 Å². The van der Waals surface area contributed by atoms with E-state index in [-0.39, 0.29) is 12.4 Å². The number of hydrogen-bond acceptors (Lipinski definition) is 5. The highest BCUT2D eigenvalue weighted by atomic mass is 32.1. The number of aromatic nitrogens is 1. The Labute approximate surface area is 80.2 Å². The number of aliphatic hydroxyl groups is 1. The first kappa shape index (κ1) is 10.1. The highest BCUT2D eigenvalue weighted by Crippen LogP contribution is 2.20. The summed E-state index contributed by atoms with van der Waals surface area (Å²) in [6, 6.07) is 0. The molecule has 0 bridgehead atoms. The predicted octanol–water partition coefficient (Wildman–Crippen LogP) is 1.13. The Morgan fingerprint density at radius 3 is 3.15 bits per heavy atom. The molecule has 1 rings (SSSR count). The van der Waals surface area contributed by atoms with Crippen molar-refractivity contribution >= 4 is 17.3 Å². The molecule has 0 aliphatic carbocycles. The first-order valence-electron chi connectivity index (χ1n) is 3.96. The molecule has 1 unspecified atom stereocenters. The molecule has 0 radical (unpaired) electrons. The summed E-state index contributed by atoms with van der Waals surface area (Å²) in [6.45, 7) is 2.07. The summed E-state index contributed by atoms with van der Waals surface area (Å²) in [5, 5.41) is 9.48. The average molecular weight is 201 g/mol. The van der Waals surface area contributed by atoms with Crippen molar-refractivity contribution < 1.29 is 14.6 Å². The monoisotopic (exact) mass is 201 g/mol. The highest BCUT2D eigenvalue weighted by molar-refractivity contribution is 7.09. The maximum atomic E-state index is 11.0. The Bertz CT molecular complexity index is 260. The SMILES string of the molecule is CCOC(=O)CC(O)c1cncs1. The molecule has 4 nitrogen and oxygen atoms in total. The number of carbonyl (C=O) groups excluding carboxylic acids is 1. The molecule has 1 atom stereocenters. The van der Waals surface area contributed by atoms with Crippen LogP contribution in [-0.2, 0) is 9.53 Å². The summed E-state index contributed by atoms with van der Waals surface area (Å²) in [4.78, 5) is 15.4. The zero-order chi connectivity index (χ0) is 9.68. The third kappa shape index (κ3) is 3.12. The molecule has 0 aliphatic rings. The molecule has 1 aromatic heterocycles.